The van der Waals surface area contributed by atoms with Crippen LogP contribution in [0.3, 0.4) is 0 Å². The zero-order valence-electron chi connectivity index (χ0n) is 23.5. The van der Waals surface area contributed by atoms with Gasteiger partial charge in [0.1, 0.15) is 11.6 Å². The number of aryl methyl sites for hydroxylation is 1. The number of amides is 6. The van der Waals surface area contributed by atoms with Crippen LogP contribution >= 0.6 is 0 Å². The number of aliphatic carboxylic acids is 1. The van der Waals surface area contributed by atoms with Gasteiger partial charge in [0.25, 0.3) is 5.91 Å². The van der Waals surface area contributed by atoms with E-state index >= 15 is 0 Å². The molecule has 1 unspecified atom stereocenters. The van der Waals surface area contributed by atoms with Crippen LogP contribution in [0.4, 0.5) is 21.0 Å². The number of hydrogen-bond donors (Lipinski definition) is 4. The standard InChI is InChI=1S/C29H37N5O6/c1-18(2)16-23(25(37)30-15-14-24(35)36)34-26(38)29(4,5)33(28(34)40)17-20-10-12-21(13-11-20)31-27(39)32-22-9-7-6-8-19(22)3/h6-13,18,23H,14-17H2,1-5H3,(H,30,37)(H,35,36)(H2,31,32,39). The van der Waals surface area contributed by atoms with Gasteiger partial charge in [0, 0.05) is 24.5 Å². The molecule has 0 radical (unpaired) electrons. The van der Waals surface area contributed by atoms with E-state index in [9.17, 15) is 24.0 Å². The number of nitrogens with one attached hydrogen (secondary N) is 3. The molecule has 1 saturated heterocycles. The van der Waals surface area contributed by atoms with Crippen LogP contribution in [0.2, 0.25) is 0 Å². The molecule has 0 aromatic heterocycles. The maximum atomic E-state index is 13.6. The molecule has 0 aliphatic carbocycles. The first-order valence-corrected chi connectivity index (χ1v) is 13.2. The molecular weight excluding hydrogens is 514 g/mol. The van der Waals surface area contributed by atoms with Crippen molar-refractivity contribution in [3.8, 4) is 0 Å². The number of rotatable bonds is 11. The Hall–Kier alpha value is -4.41. The Bertz CT molecular complexity index is 1270. The van der Waals surface area contributed by atoms with Crippen molar-refractivity contribution in [1.29, 1.82) is 0 Å². The minimum absolute atomic E-state index is 0.00367. The summed E-state index contributed by atoms with van der Waals surface area (Å²) in [5.74, 6) is -2.12. The molecule has 1 aliphatic heterocycles. The van der Waals surface area contributed by atoms with Gasteiger partial charge in [0.15, 0.2) is 0 Å². The van der Waals surface area contributed by atoms with Crippen LogP contribution in [0.25, 0.3) is 0 Å². The molecular formula is C29H37N5O6. The van der Waals surface area contributed by atoms with Gasteiger partial charge < -0.3 is 26.0 Å². The molecule has 0 saturated carbocycles. The first kappa shape index (κ1) is 30.1. The highest BCUT2D eigenvalue weighted by molar-refractivity contribution is 6.09. The number of para-hydroxylation sites is 1. The molecule has 1 heterocycles. The van der Waals surface area contributed by atoms with Crippen molar-refractivity contribution < 1.29 is 29.1 Å². The molecule has 0 spiro atoms. The zero-order chi connectivity index (χ0) is 29.6. The average molecular weight is 552 g/mol. The second-order valence-electron chi connectivity index (χ2n) is 10.8. The van der Waals surface area contributed by atoms with Crippen LogP contribution in [0.1, 0.15) is 51.7 Å². The van der Waals surface area contributed by atoms with Gasteiger partial charge in [-0.3, -0.25) is 14.4 Å². The average Bonchev–Trinajstić information content (AvgIpc) is 3.03. The lowest BCUT2D eigenvalue weighted by molar-refractivity contribution is -0.140. The normalized spacial score (nSPS) is 15.2. The molecule has 1 fully saturated rings. The molecule has 11 heteroatoms. The molecule has 1 atom stereocenters. The summed E-state index contributed by atoms with van der Waals surface area (Å²) in [5.41, 5.74) is 1.70. The maximum Gasteiger partial charge on any atom is 0.328 e. The van der Waals surface area contributed by atoms with Gasteiger partial charge in [0.2, 0.25) is 5.91 Å². The number of benzene rings is 2. The molecule has 2 aromatic carbocycles. The van der Waals surface area contributed by atoms with Crippen LogP contribution in [-0.2, 0) is 20.9 Å². The van der Waals surface area contributed by atoms with Crippen molar-refractivity contribution in [2.24, 2.45) is 5.92 Å². The van der Waals surface area contributed by atoms with E-state index in [4.69, 9.17) is 5.11 Å². The quantitative estimate of drug-likeness (QED) is 0.308. The lowest BCUT2D eigenvalue weighted by Crippen LogP contribution is -2.51. The highest BCUT2D eigenvalue weighted by Crippen LogP contribution is 2.32. The molecule has 2 aromatic rings. The topological polar surface area (TPSA) is 148 Å². The Morgan fingerprint density at radius 3 is 2.23 bits per heavy atom. The molecule has 6 amide bonds. The van der Waals surface area contributed by atoms with E-state index in [1.165, 1.54) is 4.90 Å². The molecule has 0 bridgehead atoms. The van der Waals surface area contributed by atoms with Crippen molar-refractivity contribution in [3.63, 3.8) is 0 Å². The Morgan fingerprint density at radius 1 is 0.975 bits per heavy atom. The van der Waals surface area contributed by atoms with E-state index in [-0.39, 0.29) is 31.8 Å². The van der Waals surface area contributed by atoms with E-state index < -0.39 is 41.4 Å². The number of nitrogens with zero attached hydrogens (tertiary/aromatic N) is 2. The molecule has 1 aliphatic rings. The fraction of sp³-hybridized carbons (Fsp3) is 0.414. The lowest BCUT2D eigenvalue weighted by atomic mass is 9.99. The number of urea groups is 2. The summed E-state index contributed by atoms with van der Waals surface area (Å²) in [6.45, 7) is 8.93. The summed E-state index contributed by atoms with van der Waals surface area (Å²) in [6.07, 6.45) is -0.0245. The van der Waals surface area contributed by atoms with Crippen molar-refractivity contribution in [2.75, 3.05) is 17.2 Å². The van der Waals surface area contributed by atoms with Crippen molar-refractivity contribution in [3.05, 3.63) is 59.7 Å². The van der Waals surface area contributed by atoms with Gasteiger partial charge >= 0.3 is 18.0 Å². The van der Waals surface area contributed by atoms with Crippen molar-refractivity contribution >= 4 is 41.2 Å². The number of anilines is 2. The highest BCUT2D eigenvalue weighted by atomic mass is 16.4. The zero-order valence-corrected chi connectivity index (χ0v) is 23.5. The number of carboxylic acids is 1. The highest BCUT2D eigenvalue weighted by Gasteiger charge is 2.54. The third-order valence-corrected chi connectivity index (χ3v) is 6.75. The van der Waals surface area contributed by atoms with Gasteiger partial charge in [-0.15, -0.1) is 0 Å². The minimum atomic E-state index is -1.21. The summed E-state index contributed by atoms with van der Waals surface area (Å²) in [6, 6.07) is 12.3. The summed E-state index contributed by atoms with van der Waals surface area (Å²) < 4.78 is 0. The number of hydrogen-bond acceptors (Lipinski definition) is 5. The third kappa shape index (κ3) is 7.16. The predicted molar refractivity (Wildman–Crippen MR) is 151 cm³/mol. The van der Waals surface area contributed by atoms with Gasteiger partial charge in [-0.25, -0.2) is 14.5 Å². The van der Waals surface area contributed by atoms with Crippen LogP contribution in [0.15, 0.2) is 48.5 Å². The van der Waals surface area contributed by atoms with Gasteiger partial charge in [-0.05, 0) is 62.4 Å². The summed E-state index contributed by atoms with van der Waals surface area (Å²) >= 11 is 0. The molecule has 3 rings (SSSR count). The van der Waals surface area contributed by atoms with E-state index in [2.05, 4.69) is 16.0 Å². The number of carbonyl (C=O) groups excluding carboxylic acids is 4. The molecule has 40 heavy (non-hydrogen) atoms. The Morgan fingerprint density at radius 2 is 1.62 bits per heavy atom. The van der Waals surface area contributed by atoms with Gasteiger partial charge in [0.05, 0.1) is 6.42 Å². The summed E-state index contributed by atoms with van der Waals surface area (Å²) in [4.78, 5) is 65.6. The molecule has 11 nitrogen and oxygen atoms in total. The monoisotopic (exact) mass is 551 g/mol. The Kier molecular flexibility index (Phi) is 9.51. The smallest absolute Gasteiger partial charge is 0.328 e. The predicted octanol–water partition coefficient (Wildman–Crippen LogP) is 4.19. The second kappa shape index (κ2) is 12.6. The fourth-order valence-corrected chi connectivity index (χ4v) is 4.47. The van der Waals surface area contributed by atoms with Crippen LogP contribution in [0.5, 0.6) is 0 Å². The van der Waals surface area contributed by atoms with E-state index in [1.807, 2.05) is 45.0 Å². The Labute approximate surface area is 233 Å². The number of carboxylic acid groups (broad SMARTS) is 1. The van der Waals surface area contributed by atoms with Gasteiger partial charge in [-0.1, -0.05) is 44.2 Å². The van der Waals surface area contributed by atoms with Crippen molar-refractivity contribution in [1.82, 2.24) is 15.1 Å². The van der Waals surface area contributed by atoms with E-state index in [0.29, 0.717) is 11.4 Å². The number of imide groups is 1. The van der Waals surface area contributed by atoms with Crippen molar-refractivity contribution in [2.45, 2.75) is 65.6 Å². The first-order valence-electron chi connectivity index (χ1n) is 13.2. The fourth-order valence-electron chi connectivity index (χ4n) is 4.47. The SMILES string of the molecule is Cc1ccccc1NC(=O)Nc1ccc(CN2C(=O)N(C(CC(C)C)C(=O)NCCC(=O)O)C(=O)C2(C)C)cc1. The summed E-state index contributed by atoms with van der Waals surface area (Å²) in [5, 5.41) is 17.0. The summed E-state index contributed by atoms with van der Waals surface area (Å²) in [7, 11) is 0. The number of carbonyl (C=O) groups is 5. The van der Waals surface area contributed by atoms with Crippen LogP contribution in [-0.4, -0.2) is 62.9 Å². The Balaban J connectivity index is 1.71. The molecule has 214 valence electrons. The van der Waals surface area contributed by atoms with E-state index in [1.54, 1.807) is 38.1 Å². The van der Waals surface area contributed by atoms with Crippen LogP contribution < -0.4 is 16.0 Å². The van der Waals surface area contributed by atoms with Gasteiger partial charge in [-0.2, -0.15) is 0 Å². The molecule has 4 N–H and O–H groups in total. The third-order valence-electron chi connectivity index (χ3n) is 6.75. The first-order chi connectivity index (χ1) is 18.8. The van der Waals surface area contributed by atoms with E-state index in [0.717, 1.165) is 16.0 Å². The minimum Gasteiger partial charge on any atom is -0.481 e. The largest absolute Gasteiger partial charge is 0.481 e. The second-order valence-corrected chi connectivity index (χ2v) is 10.8. The lowest BCUT2D eigenvalue weighted by Gasteiger charge is -2.28. The maximum absolute atomic E-state index is 13.6. The van der Waals surface area contributed by atoms with Crippen LogP contribution in [0, 0.1) is 12.8 Å².